The van der Waals surface area contributed by atoms with Gasteiger partial charge in [0, 0.05) is 11.3 Å². The number of nitrogen functional groups attached to an aromatic ring is 1. The molecule has 0 fully saturated rings. The van der Waals surface area contributed by atoms with Gasteiger partial charge in [0.1, 0.15) is 0 Å². The quantitative estimate of drug-likeness (QED) is 0.709. The van der Waals surface area contributed by atoms with Crippen molar-refractivity contribution in [3.63, 3.8) is 0 Å². The lowest BCUT2D eigenvalue weighted by Gasteiger charge is -2.08. The Morgan fingerprint density at radius 1 is 1.00 bits per heavy atom. The van der Waals surface area contributed by atoms with Crippen molar-refractivity contribution in [3.05, 3.63) is 54.1 Å². The van der Waals surface area contributed by atoms with Crippen molar-refractivity contribution in [2.24, 2.45) is 0 Å². The van der Waals surface area contributed by atoms with E-state index < -0.39 is 0 Å². The number of anilines is 1. The Morgan fingerprint density at radius 2 is 1.74 bits per heavy atom. The number of aromatic nitrogens is 4. The minimum Gasteiger partial charge on any atom is -0.398 e. The van der Waals surface area contributed by atoms with Crippen molar-refractivity contribution in [1.29, 1.82) is 0 Å². The lowest BCUT2D eigenvalue weighted by Crippen LogP contribution is -2.03. The first-order chi connectivity index (χ1) is 9.27. The highest BCUT2D eigenvalue weighted by Crippen LogP contribution is 2.25. The van der Waals surface area contributed by atoms with Gasteiger partial charge in [-0.2, -0.15) is 4.68 Å². The fourth-order valence-corrected chi connectivity index (χ4v) is 2.02. The lowest BCUT2D eigenvalue weighted by molar-refractivity contribution is 0.787. The third-order valence-corrected chi connectivity index (χ3v) is 3.01. The Labute approximate surface area is 110 Å². The van der Waals surface area contributed by atoms with Gasteiger partial charge in [-0.3, -0.25) is 0 Å². The van der Waals surface area contributed by atoms with Crippen LogP contribution in [0.3, 0.4) is 0 Å². The van der Waals surface area contributed by atoms with E-state index in [4.69, 9.17) is 5.73 Å². The van der Waals surface area contributed by atoms with Crippen LogP contribution in [0.2, 0.25) is 0 Å². The zero-order chi connectivity index (χ0) is 13.2. The topological polar surface area (TPSA) is 69.6 Å². The first kappa shape index (κ1) is 11.4. The minimum absolute atomic E-state index is 0.646. The fourth-order valence-electron chi connectivity index (χ4n) is 2.02. The normalized spacial score (nSPS) is 10.6. The second-order valence-electron chi connectivity index (χ2n) is 4.29. The average molecular weight is 251 g/mol. The summed E-state index contributed by atoms with van der Waals surface area (Å²) in [6.07, 6.45) is 0. The maximum Gasteiger partial charge on any atom is 0.189 e. The molecule has 2 aromatic carbocycles. The molecule has 19 heavy (non-hydrogen) atoms. The van der Waals surface area contributed by atoms with Gasteiger partial charge in [-0.05, 0) is 41.1 Å². The molecule has 0 atom stereocenters. The predicted molar refractivity (Wildman–Crippen MR) is 73.7 cm³/mol. The highest BCUT2D eigenvalue weighted by atomic mass is 15.5. The molecule has 0 saturated heterocycles. The molecule has 0 radical (unpaired) electrons. The summed E-state index contributed by atoms with van der Waals surface area (Å²) in [4.78, 5) is 0. The van der Waals surface area contributed by atoms with Crippen LogP contribution in [0.4, 0.5) is 5.69 Å². The summed E-state index contributed by atoms with van der Waals surface area (Å²) in [5.74, 6) is 0.646. The van der Waals surface area contributed by atoms with E-state index in [-0.39, 0.29) is 0 Å². The third kappa shape index (κ3) is 1.95. The second kappa shape index (κ2) is 4.53. The van der Waals surface area contributed by atoms with E-state index in [1.165, 1.54) is 0 Å². The van der Waals surface area contributed by atoms with Crippen LogP contribution in [-0.4, -0.2) is 20.2 Å². The number of tetrazole rings is 1. The molecular weight excluding hydrogens is 238 g/mol. The zero-order valence-electron chi connectivity index (χ0n) is 10.5. The molecule has 0 aliphatic carbocycles. The molecule has 0 spiro atoms. The minimum atomic E-state index is 0.646. The molecule has 2 N–H and O–H groups in total. The Morgan fingerprint density at radius 3 is 2.53 bits per heavy atom. The molecule has 0 bridgehead atoms. The highest BCUT2D eigenvalue weighted by Gasteiger charge is 2.13. The summed E-state index contributed by atoms with van der Waals surface area (Å²) >= 11 is 0. The number of hydrogen-bond donors (Lipinski definition) is 1. The van der Waals surface area contributed by atoms with Crippen LogP contribution >= 0.6 is 0 Å². The SMILES string of the molecule is Cc1ccccc1-n1nnnc1-c1ccccc1N. The Balaban J connectivity index is 2.20. The molecule has 0 aliphatic heterocycles. The van der Waals surface area contributed by atoms with Crippen molar-refractivity contribution in [3.8, 4) is 17.1 Å². The highest BCUT2D eigenvalue weighted by molar-refractivity contribution is 5.72. The van der Waals surface area contributed by atoms with Crippen LogP contribution < -0.4 is 5.73 Å². The van der Waals surface area contributed by atoms with Crippen molar-refractivity contribution in [2.75, 3.05) is 5.73 Å². The van der Waals surface area contributed by atoms with E-state index in [0.717, 1.165) is 16.8 Å². The van der Waals surface area contributed by atoms with E-state index in [1.807, 2.05) is 55.5 Å². The summed E-state index contributed by atoms with van der Waals surface area (Å²) in [5.41, 5.74) is 9.53. The van der Waals surface area contributed by atoms with Gasteiger partial charge in [-0.1, -0.05) is 30.3 Å². The van der Waals surface area contributed by atoms with Crippen molar-refractivity contribution in [2.45, 2.75) is 6.92 Å². The Kier molecular flexibility index (Phi) is 2.72. The first-order valence-corrected chi connectivity index (χ1v) is 5.96. The molecule has 1 aromatic heterocycles. The Hall–Kier alpha value is -2.69. The molecule has 94 valence electrons. The number of hydrogen-bond acceptors (Lipinski definition) is 4. The standard InChI is InChI=1S/C14H13N5/c1-10-6-2-5-9-13(10)19-14(16-17-18-19)11-7-3-4-8-12(11)15/h2-9H,15H2,1H3. The van der Waals surface area contributed by atoms with Crippen LogP contribution in [0.5, 0.6) is 0 Å². The van der Waals surface area contributed by atoms with Crippen LogP contribution in [0, 0.1) is 6.92 Å². The van der Waals surface area contributed by atoms with E-state index in [1.54, 1.807) is 4.68 Å². The number of para-hydroxylation sites is 2. The van der Waals surface area contributed by atoms with Crippen molar-refractivity contribution < 1.29 is 0 Å². The van der Waals surface area contributed by atoms with Gasteiger partial charge in [0.15, 0.2) is 5.82 Å². The van der Waals surface area contributed by atoms with E-state index in [0.29, 0.717) is 11.5 Å². The van der Waals surface area contributed by atoms with Gasteiger partial charge in [0.2, 0.25) is 0 Å². The van der Waals surface area contributed by atoms with Crippen LogP contribution in [-0.2, 0) is 0 Å². The molecule has 3 aromatic rings. The Bertz CT molecular complexity index is 657. The van der Waals surface area contributed by atoms with E-state index in [9.17, 15) is 0 Å². The van der Waals surface area contributed by atoms with Gasteiger partial charge in [-0.25, -0.2) is 0 Å². The second-order valence-corrected chi connectivity index (χ2v) is 4.29. The number of benzene rings is 2. The summed E-state index contributed by atoms with van der Waals surface area (Å²) in [7, 11) is 0. The van der Waals surface area contributed by atoms with Gasteiger partial charge in [-0.15, -0.1) is 5.10 Å². The number of aryl methyl sites for hydroxylation is 1. The monoisotopic (exact) mass is 251 g/mol. The molecule has 1 heterocycles. The molecule has 5 heteroatoms. The zero-order valence-corrected chi connectivity index (χ0v) is 10.5. The molecule has 0 unspecified atom stereocenters. The average Bonchev–Trinajstić information content (AvgIpc) is 2.89. The lowest BCUT2D eigenvalue weighted by atomic mass is 10.1. The smallest absolute Gasteiger partial charge is 0.189 e. The molecule has 5 nitrogen and oxygen atoms in total. The maximum atomic E-state index is 5.99. The largest absolute Gasteiger partial charge is 0.398 e. The molecule has 0 saturated carbocycles. The predicted octanol–water partition coefficient (Wildman–Crippen LogP) is 2.22. The van der Waals surface area contributed by atoms with Crippen LogP contribution in [0.1, 0.15) is 5.56 Å². The van der Waals surface area contributed by atoms with E-state index in [2.05, 4.69) is 15.5 Å². The van der Waals surface area contributed by atoms with Crippen molar-refractivity contribution in [1.82, 2.24) is 20.2 Å². The van der Waals surface area contributed by atoms with Gasteiger partial charge in [0.05, 0.1) is 5.69 Å². The van der Waals surface area contributed by atoms with Crippen LogP contribution in [0.25, 0.3) is 17.1 Å². The third-order valence-electron chi connectivity index (χ3n) is 3.01. The van der Waals surface area contributed by atoms with E-state index >= 15 is 0 Å². The molecule has 0 amide bonds. The number of nitrogens with zero attached hydrogens (tertiary/aromatic N) is 4. The van der Waals surface area contributed by atoms with Crippen LogP contribution in [0.15, 0.2) is 48.5 Å². The summed E-state index contributed by atoms with van der Waals surface area (Å²) < 4.78 is 1.71. The first-order valence-electron chi connectivity index (χ1n) is 5.96. The summed E-state index contributed by atoms with van der Waals surface area (Å²) in [6.45, 7) is 2.02. The van der Waals surface area contributed by atoms with Gasteiger partial charge in [0.25, 0.3) is 0 Å². The molecule has 0 aliphatic rings. The van der Waals surface area contributed by atoms with Crippen molar-refractivity contribution >= 4 is 5.69 Å². The fraction of sp³-hybridized carbons (Fsp3) is 0.0714. The van der Waals surface area contributed by atoms with Gasteiger partial charge < -0.3 is 5.73 Å². The molecule has 3 rings (SSSR count). The summed E-state index contributed by atoms with van der Waals surface area (Å²) in [5, 5.41) is 11.9. The maximum absolute atomic E-state index is 5.99. The number of nitrogens with two attached hydrogens (primary N) is 1. The summed E-state index contributed by atoms with van der Waals surface area (Å²) in [6, 6.07) is 15.5. The number of rotatable bonds is 2. The van der Waals surface area contributed by atoms with Gasteiger partial charge >= 0.3 is 0 Å². The molecular formula is C14H13N5.